The van der Waals surface area contributed by atoms with Crippen LogP contribution < -0.4 is 5.63 Å². The highest BCUT2D eigenvalue weighted by Crippen LogP contribution is 2.35. The van der Waals surface area contributed by atoms with Gasteiger partial charge in [0.2, 0.25) is 5.89 Å². The Bertz CT molecular complexity index is 882. The highest BCUT2D eigenvalue weighted by molar-refractivity contribution is 5.95. The third-order valence-corrected chi connectivity index (χ3v) is 5.53. The Morgan fingerprint density at radius 3 is 2.68 bits per heavy atom. The maximum Gasteiger partial charge on any atom is 0.349 e. The van der Waals surface area contributed by atoms with Gasteiger partial charge < -0.3 is 13.8 Å². The predicted molar refractivity (Wildman–Crippen MR) is 104 cm³/mol. The Labute approximate surface area is 165 Å². The molecule has 1 fully saturated rings. The van der Waals surface area contributed by atoms with Crippen molar-refractivity contribution < 1.29 is 13.7 Å². The van der Waals surface area contributed by atoms with Crippen LogP contribution in [0.3, 0.4) is 0 Å². The lowest BCUT2D eigenvalue weighted by Gasteiger charge is -2.21. The molecule has 1 amide bonds. The fourth-order valence-electron chi connectivity index (χ4n) is 3.52. The van der Waals surface area contributed by atoms with E-state index < -0.39 is 5.63 Å². The molecule has 2 aromatic heterocycles. The Morgan fingerprint density at radius 1 is 1.36 bits per heavy atom. The minimum Gasteiger partial charge on any atom is -0.427 e. The van der Waals surface area contributed by atoms with E-state index in [0.29, 0.717) is 35.5 Å². The molecule has 28 heavy (non-hydrogen) atoms. The largest absolute Gasteiger partial charge is 0.427 e. The van der Waals surface area contributed by atoms with Gasteiger partial charge in [-0.1, -0.05) is 31.8 Å². The van der Waals surface area contributed by atoms with Gasteiger partial charge in [-0.3, -0.25) is 4.79 Å². The van der Waals surface area contributed by atoms with Gasteiger partial charge in [0.1, 0.15) is 11.3 Å². The van der Waals surface area contributed by atoms with Gasteiger partial charge in [0, 0.05) is 18.4 Å². The Balaban J connectivity index is 1.78. The van der Waals surface area contributed by atoms with E-state index in [4.69, 9.17) is 8.94 Å². The van der Waals surface area contributed by atoms with Crippen molar-refractivity contribution >= 4 is 5.91 Å². The van der Waals surface area contributed by atoms with Gasteiger partial charge in [0.25, 0.3) is 5.91 Å². The van der Waals surface area contributed by atoms with Crippen LogP contribution in [-0.4, -0.2) is 27.5 Å². The molecular formula is C21H29N3O4. The predicted octanol–water partition coefficient (Wildman–Crippen LogP) is 4.16. The van der Waals surface area contributed by atoms with Gasteiger partial charge in [0.15, 0.2) is 5.82 Å². The highest BCUT2D eigenvalue weighted by atomic mass is 16.5. The average Bonchev–Trinajstić information content (AvgIpc) is 3.05. The third-order valence-electron chi connectivity index (χ3n) is 5.53. The van der Waals surface area contributed by atoms with Crippen LogP contribution in [-0.2, 0) is 6.54 Å². The molecule has 0 bridgehead atoms. The molecule has 1 aliphatic rings. The molecular weight excluding hydrogens is 358 g/mol. The second-order valence-electron chi connectivity index (χ2n) is 7.68. The summed E-state index contributed by atoms with van der Waals surface area (Å²) in [6.45, 7) is 8.39. The first-order valence-electron chi connectivity index (χ1n) is 10.2. The number of hydrogen-bond acceptors (Lipinski definition) is 6. The van der Waals surface area contributed by atoms with Crippen molar-refractivity contribution in [1.29, 1.82) is 0 Å². The summed E-state index contributed by atoms with van der Waals surface area (Å²) in [5.74, 6) is 1.87. The quantitative estimate of drug-likeness (QED) is 0.675. The number of hydrogen-bond donors (Lipinski definition) is 0. The minimum absolute atomic E-state index is 0.0806. The van der Waals surface area contributed by atoms with Crippen LogP contribution in [0.1, 0.15) is 98.1 Å². The molecule has 0 saturated heterocycles. The van der Waals surface area contributed by atoms with Gasteiger partial charge in [-0.05, 0) is 44.7 Å². The molecule has 7 nitrogen and oxygen atoms in total. The van der Waals surface area contributed by atoms with Crippen molar-refractivity contribution in [3.05, 3.63) is 45.1 Å². The first-order chi connectivity index (χ1) is 13.4. The summed E-state index contributed by atoms with van der Waals surface area (Å²) in [6, 6.07) is 1.81. The fraction of sp³-hybridized carbons (Fsp3) is 0.619. The van der Waals surface area contributed by atoms with Crippen molar-refractivity contribution in [3.63, 3.8) is 0 Å². The summed E-state index contributed by atoms with van der Waals surface area (Å²) in [5, 5.41) is 4.00. The molecule has 0 N–H and O–H groups in total. The van der Waals surface area contributed by atoms with Gasteiger partial charge in [-0.2, -0.15) is 4.98 Å². The molecule has 2 heterocycles. The summed E-state index contributed by atoms with van der Waals surface area (Å²) in [4.78, 5) is 31.5. The summed E-state index contributed by atoms with van der Waals surface area (Å²) >= 11 is 0. The van der Waals surface area contributed by atoms with E-state index in [1.165, 1.54) is 6.42 Å². The van der Waals surface area contributed by atoms with Crippen molar-refractivity contribution in [2.45, 2.75) is 78.2 Å². The van der Waals surface area contributed by atoms with Crippen molar-refractivity contribution in [3.8, 4) is 0 Å². The number of carbonyl (C=O) groups excluding carboxylic acids is 1. The Morgan fingerprint density at radius 2 is 2.11 bits per heavy atom. The van der Waals surface area contributed by atoms with E-state index in [1.807, 2.05) is 19.9 Å². The van der Waals surface area contributed by atoms with E-state index in [9.17, 15) is 9.59 Å². The van der Waals surface area contributed by atoms with Crippen molar-refractivity contribution in [2.24, 2.45) is 0 Å². The Hall–Kier alpha value is -2.44. The van der Waals surface area contributed by atoms with Crippen molar-refractivity contribution in [1.82, 2.24) is 15.0 Å². The molecule has 0 spiro atoms. The maximum atomic E-state index is 13.0. The molecule has 0 aliphatic heterocycles. The molecule has 2 aromatic rings. The maximum absolute atomic E-state index is 13.0. The van der Waals surface area contributed by atoms with Crippen LogP contribution >= 0.6 is 0 Å². The number of aromatic nitrogens is 2. The van der Waals surface area contributed by atoms with Crippen LogP contribution in [0.5, 0.6) is 0 Å². The van der Waals surface area contributed by atoms with Crippen LogP contribution in [0.2, 0.25) is 0 Å². The summed E-state index contributed by atoms with van der Waals surface area (Å²) in [6.07, 6.45) is 5.26. The van der Waals surface area contributed by atoms with Gasteiger partial charge in [-0.15, -0.1) is 0 Å². The van der Waals surface area contributed by atoms with E-state index in [-0.39, 0.29) is 23.9 Å². The monoisotopic (exact) mass is 387 g/mol. The third kappa shape index (κ3) is 4.18. The lowest BCUT2D eigenvalue weighted by Crippen LogP contribution is -2.34. The molecule has 3 rings (SSSR count). The number of aryl methyl sites for hydroxylation is 1. The summed E-state index contributed by atoms with van der Waals surface area (Å²) in [5.41, 5.74) is 0.141. The van der Waals surface area contributed by atoms with E-state index in [0.717, 1.165) is 25.7 Å². The molecule has 1 unspecified atom stereocenters. The zero-order valence-corrected chi connectivity index (χ0v) is 17.2. The van der Waals surface area contributed by atoms with Crippen LogP contribution in [0.25, 0.3) is 0 Å². The Kier molecular flexibility index (Phi) is 6.31. The van der Waals surface area contributed by atoms with Crippen molar-refractivity contribution in [2.75, 3.05) is 6.54 Å². The van der Waals surface area contributed by atoms with Crippen LogP contribution in [0, 0.1) is 6.92 Å². The van der Waals surface area contributed by atoms with Crippen LogP contribution in [0.4, 0.5) is 0 Å². The van der Waals surface area contributed by atoms with Gasteiger partial charge in [-0.25, -0.2) is 4.79 Å². The molecule has 7 heteroatoms. The lowest BCUT2D eigenvalue weighted by molar-refractivity contribution is 0.0741. The molecule has 1 atom stereocenters. The van der Waals surface area contributed by atoms with Gasteiger partial charge >= 0.3 is 5.63 Å². The molecule has 0 aromatic carbocycles. The van der Waals surface area contributed by atoms with Crippen LogP contribution in [0.15, 0.2) is 19.8 Å². The SMILES string of the molecule is CCCC(C)c1cc(C)c(C(=O)N(CC)Cc2noc(C3CCC3)n2)c(=O)o1. The second kappa shape index (κ2) is 8.71. The first kappa shape index (κ1) is 20.3. The van der Waals surface area contributed by atoms with Gasteiger partial charge in [0.05, 0.1) is 6.54 Å². The first-order valence-corrected chi connectivity index (χ1v) is 10.2. The summed E-state index contributed by atoms with van der Waals surface area (Å²) in [7, 11) is 0. The van der Waals surface area contributed by atoms with E-state index in [1.54, 1.807) is 11.8 Å². The lowest BCUT2D eigenvalue weighted by atomic mass is 9.85. The minimum atomic E-state index is -0.579. The number of carbonyl (C=O) groups is 1. The molecule has 152 valence electrons. The summed E-state index contributed by atoms with van der Waals surface area (Å²) < 4.78 is 10.8. The van der Waals surface area contributed by atoms with E-state index >= 15 is 0 Å². The topological polar surface area (TPSA) is 89.4 Å². The zero-order valence-electron chi connectivity index (χ0n) is 17.2. The second-order valence-corrected chi connectivity index (χ2v) is 7.68. The van der Waals surface area contributed by atoms with E-state index in [2.05, 4.69) is 17.1 Å². The number of amides is 1. The molecule has 0 radical (unpaired) electrons. The highest BCUT2D eigenvalue weighted by Gasteiger charge is 2.27. The standard InChI is InChI=1S/C21H29N3O4/c1-5-8-13(3)16-11-14(4)18(21(26)27-16)20(25)24(6-2)12-17-22-19(28-23-17)15-9-7-10-15/h11,13,15H,5-10,12H2,1-4H3. The average molecular weight is 387 g/mol. The smallest absolute Gasteiger partial charge is 0.349 e. The number of nitrogens with zero attached hydrogens (tertiary/aromatic N) is 3. The molecule has 1 aliphatic carbocycles. The normalized spacial score (nSPS) is 15.3. The number of rotatable bonds is 8. The fourth-order valence-corrected chi connectivity index (χ4v) is 3.52. The molecule has 1 saturated carbocycles. The zero-order chi connectivity index (χ0) is 20.3.